The van der Waals surface area contributed by atoms with Crippen molar-refractivity contribution in [2.75, 3.05) is 5.32 Å². The Kier molecular flexibility index (Phi) is 3.04. The van der Waals surface area contributed by atoms with E-state index in [1.807, 2.05) is 24.3 Å². The molecule has 0 radical (unpaired) electrons. The standard InChI is InChI=1S/C13H15NO2/c1-9(15)14-12-4-2-3-10(7-12)11-5-6-13(16)8-11/h2-4,7,11H,5-6,8H2,1H3,(H,14,15). The molecule has 0 bridgehead atoms. The lowest BCUT2D eigenvalue weighted by Crippen LogP contribution is -2.06. The summed E-state index contributed by atoms with van der Waals surface area (Å²) in [5.41, 5.74) is 1.96. The Labute approximate surface area is 94.9 Å². The van der Waals surface area contributed by atoms with E-state index < -0.39 is 0 Å². The number of hydrogen-bond acceptors (Lipinski definition) is 2. The van der Waals surface area contributed by atoms with Crippen molar-refractivity contribution in [2.45, 2.75) is 32.1 Å². The summed E-state index contributed by atoms with van der Waals surface area (Å²) in [6, 6.07) is 7.77. The minimum atomic E-state index is -0.0698. The molecule has 3 nitrogen and oxygen atoms in total. The molecule has 1 fully saturated rings. The van der Waals surface area contributed by atoms with Crippen molar-refractivity contribution in [3.05, 3.63) is 29.8 Å². The number of amides is 1. The van der Waals surface area contributed by atoms with Crippen LogP contribution in [0.2, 0.25) is 0 Å². The monoisotopic (exact) mass is 217 g/mol. The third-order valence-electron chi connectivity index (χ3n) is 2.92. The van der Waals surface area contributed by atoms with Crippen LogP contribution in [0.3, 0.4) is 0 Å². The Balaban J connectivity index is 2.15. The third-order valence-corrected chi connectivity index (χ3v) is 2.92. The van der Waals surface area contributed by atoms with Gasteiger partial charge in [0.25, 0.3) is 0 Å². The number of nitrogens with one attached hydrogen (secondary N) is 1. The molecule has 3 heteroatoms. The summed E-state index contributed by atoms with van der Waals surface area (Å²) in [6.45, 7) is 1.49. The van der Waals surface area contributed by atoms with Crippen LogP contribution in [-0.4, -0.2) is 11.7 Å². The number of benzene rings is 1. The van der Waals surface area contributed by atoms with E-state index in [1.165, 1.54) is 6.92 Å². The molecule has 1 saturated carbocycles. The van der Waals surface area contributed by atoms with E-state index in [0.29, 0.717) is 24.5 Å². The van der Waals surface area contributed by atoms with Gasteiger partial charge in [-0.2, -0.15) is 0 Å². The Morgan fingerprint density at radius 1 is 1.44 bits per heavy atom. The first kappa shape index (κ1) is 10.9. The fraction of sp³-hybridized carbons (Fsp3) is 0.385. The molecule has 84 valence electrons. The van der Waals surface area contributed by atoms with Gasteiger partial charge in [0.15, 0.2) is 0 Å². The number of carbonyl (C=O) groups excluding carboxylic acids is 2. The molecule has 1 aromatic rings. The van der Waals surface area contributed by atoms with Crippen LogP contribution in [0.15, 0.2) is 24.3 Å². The van der Waals surface area contributed by atoms with Gasteiger partial charge in [-0.3, -0.25) is 9.59 Å². The maximum atomic E-state index is 11.2. The molecule has 1 amide bonds. The van der Waals surface area contributed by atoms with Crippen molar-refractivity contribution in [2.24, 2.45) is 0 Å². The van der Waals surface area contributed by atoms with Crippen LogP contribution in [-0.2, 0) is 9.59 Å². The van der Waals surface area contributed by atoms with Crippen molar-refractivity contribution in [1.82, 2.24) is 0 Å². The van der Waals surface area contributed by atoms with Gasteiger partial charge < -0.3 is 5.32 Å². The highest BCUT2D eigenvalue weighted by Crippen LogP contribution is 2.32. The highest BCUT2D eigenvalue weighted by atomic mass is 16.1. The summed E-state index contributed by atoms with van der Waals surface area (Å²) in [6.07, 6.45) is 2.26. The minimum absolute atomic E-state index is 0.0698. The van der Waals surface area contributed by atoms with Gasteiger partial charge in [-0.15, -0.1) is 0 Å². The van der Waals surface area contributed by atoms with E-state index >= 15 is 0 Å². The molecule has 0 aromatic heterocycles. The van der Waals surface area contributed by atoms with Crippen molar-refractivity contribution in [3.8, 4) is 0 Å². The highest BCUT2D eigenvalue weighted by molar-refractivity contribution is 5.88. The molecule has 1 N–H and O–H groups in total. The maximum Gasteiger partial charge on any atom is 0.221 e. The van der Waals surface area contributed by atoms with Gasteiger partial charge in [-0.1, -0.05) is 12.1 Å². The Bertz CT molecular complexity index is 426. The second-order valence-electron chi connectivity index (χ2n) is 4.29. The van der Waals surface area contributed by atoms with E-state index in [4.69, 9.17) is 0 Å². The Morgan fingerprint density at radius 2 is 2.25 bits per heavy atom. The van der Waals surface area contributed by atoms with Crippen molar-refractivity contribution >= 4 is 17.4 Å². The van der Waals surface area contributed by atoms with Gasteiger partial charge >= 0.3 is 0 Å². The second-order valence-corrected chi connectivity index (χ2v) is 4.29. The van der Waals surface area contributed by atoms with Crippen LogP contribution in [0.4, 0.5) is 5.69 Å². The minimum Gasteiger partial charge on any atom is -0.326 e. The maximum absolute atomic E-state index is 11.2. The number of Topliss-reactive ketones (excluding diaryl/α,β-unsaturated/α-hetero) is 1. The largest absolute Gasteiger partial charge is 0.326 e. The lowest BCUT2D eigenvalue weighted by Gasteiger charge is -2.10. The van der Waals surface area contributed by atoms with E-state index in [1.54, 1.807) is 0 Å². The van der Waals surface area contributed by atoms with Gasteiger partial charge in [0.1, 0.15) is 5.78 Å². The molecule has 2 rings (SSSR count). The predicted molar refractivity (Wildman–Crippen MR) is 62.3 cm³/mol. The van der Waals surface area contributed by atoms with Crippen LogP contribution >= 0.6 is 0 Å². The zero-order valence-electron chi connectivity index (χ0n) is 9.32. The quantitative estimate of drug-likeness (QED) is 0.827. The molecule has 0 heterocycles. The zero-order valence-corrected chi connectivity index (χ0v) is 9.32. The molecule has 16 heavy (non-hydrogen) atoms. The summed E-state index contributed by atoms with van der Waals surface area (Å²) in [5.74, 6) is 0.607. The average Bonchev–Trinajstić information content (AvgIpc) is 2.64. The molecule has 0 spiro atoms. The summed E-state index contributed by atoms with van der Waals surface area (Å²) >= 11 is 0. The van der Waals surface area contributed by atoms with Crippen molar-refractivity contribution in [3.63, 3.8) is 0 Å². The van der Waals surface area contributed by atoms with Crippen LogP contribution in [0.25, 0.3) is 0 Å². The lowest BCUT2D eigenvalue weighted by molar-refractivity contribution is -0.117. The highest BCUT2D eigenvalue weighted by Gasteiger charge is 2.23. The number of anilines is 1. The molecule has 1 aromatic carbocycles. The topological polar surface area (TPSA) is 46.2 Å². The zero-order chi connectivity index (χ0) is 11.5. The third kappa shape index (κ3) is 2.48. The normalized spacial score (nSPS) is 19.8. The van der Waals surface area contributed by atoms with Gasteiger partial charge in [-0.25, -0.2) is 0 Å². The summed E-state index contributed by atoms with van der Waals surface area (Å²) in [4.78, 5) is 22.2. The lowest BCUT2D eigenvalue weighted by atomic mass is 9.97. The molecule has 0 aliphatic heterocycles. The molecule has 1 aliphatic rings. The first-order valence-electron chi connectivity index (χ1n) is 5.54. The first-order valence-corrected chi connectivity index (χ1v) is 5.54. The number of hydrogen-bond donors (Lipinski definition) is 1. The molecule has 1 atom stereocenters. The fourth-order valence-corrected chi connectivity index (χ4v) is 2.17. The van der Waals surface area contributed by atoms with E-state index in [2.05, 4.69) is 5.32 Å². The summed E-state index contributed by atoms with van der Waals surface area (Å²) < 4.78 is 0. The molecular weight excluding hydrogens is 202 g/mol. The molecule has 1 aliphatic carbocycles. The Morgan fingerprint density at radius 3 is 2.88 bits per heavy atom. The summed E-state index contributed by atoms with van der Waals surface area (Å²) in [7, 11) is 0. The second kappa shape index (κ2) is 4.47. The molecule has 0 saturated heterocycles. The van der Waals surface area contributed by atoms with Crippen molar-refractivity contribution < 1.29 is 9.59 Å². The SMILES string of the molecule is CC(=O)Nc1cccc(C2CCC(=O)C2)c1. The van der Waals surface area contributed by atoms with Crippen LogP contribution in [0, 0.1) is 0 Å². The first-order chi connectivity index (χ1) is 7.65. The molecular formula is C13H15NO2. The van der Waals surface area contributed by atoms with Crippen LogP contribution in [0.5, 0.6) is 0 Å². The van der Waals surface area contributed by atoms with E-state index in [9.17, 15) is 9.59 Å². The van der Waals surface area contributed by atoms with E-state index in [-0.39, 0.29) is 5.91 Å². The number of rotatable bonds is 2. The van der Waals surface area contributed by atoms with Gasteiger partial charge in [0, 0.05) is 25.5 Å². The number of carbonyl (C=O) groups is 2. The summed E-state index contributed by atoms with van der Waals surface area (Å²) in [5, 5.41) is 2.76. The smallest absolute Gasteiger partial charge is 0.221 e. The van der Waals surface area contributed by atoms with Gasteiger partial charge in [-0.05, 0) is 30.0 Å². The van der Waals surface area contributed by atoms with Crippen LogP contribution < -0.4 is 5.32 Å². The molecule has 1 unspecified atom stereocenters. The van der Waals surface area contributed by atoms with Gasteiger partial charge in [0.2, 0.25) is 5.91 Å². The van der Waals surface area contributed by atoms with Gasteiger partial charge in [0.05, 0.1) is 0 Å². The average molecular weight is 217 g/mol. The van der Waals surface area contributed by atoms with E-state index in [0.717, 1.165) is 17.7 Å². The van der Waals surface area contributed by atoms with Crippen LogP contribution in [0.1, 0.15) is 37.7 Å². The number of ketones is 1. The Hall–Kier alpha value is -1.64. The van der Waals surface area contributed by atoms with Crippen molar-refractivity contribution in [1.29, 1.82) is 0 Å². The predicted octanol–water partition coefficient (Wildman–Crippen LogP) is 2.48. The fourth-order valence-electron chi connectivity index (χ4n) is 2.17.